The summed E-state index contributed by atoms with van der Waals surface area (Å²) in [5.41, 5.74) is 0.948. The molecule has 2 nitrogen and oxygen atoms in total. The molecule has 0 saturated carbocycles. The van der Waals surface area contributed by atoms with Crippen LogP contribution >= 0.6 is 23.2 Å². The van der Waals surface area contributed by atoms with Crippen LogP contribution in [0.5, 0.6) is 0 Å². The Bertz CT molecular complexity index is 369. The van der Waals surface area contributed by atoms with Crippen molar-refractivity contribution in [2.75, 3.05) is 6.61 Å². The summed E-state index contributed by atoms with van der Waals surface area (Å²) in [5, 5.41) is 1.17. The Morgan fingerprint density at radius 1 is 1.24 bits per heavy atom. The molecular weight excluding hydrogens is 259 g/mol. The largest absolute Gasteiger partial charge is 0.465 e. The molecule has 0 aliphatic heterocycles. The second-order valence-corrected chi connectivity index (χ2v) is 5.23. The molecule has 0 unspecified atom stereocenters. The van der Waals surface area contributed by atoms with Gasteiger partial charge in [0.2, 0.25) is 0 Å². The van der Waals surface area contributed by atoms with E-state index in [1.54, 1.807) is 6.07 Å². The van der Waals surface area contributed by atoms with Crippen molar-refractivity contribution in [3.8, 4) is 0 Å². The maximum atomic E-state index is 11.4. The number of hydrogen-bond acceptors (Lipinski definition) is 2. The fraction of sp³-hybridized carbons (Fsp3) is 0.462. The number of benzene rings is 1. The Hall–Kier alpha value is -0.730. The average Bonchev–Trinajstić information content (AvgIpc) is 2.22. The molecule has 0 amide bonds. The minimum absolute atomic E-state index is 0.185. The maximum Gasteiger partial charge on any atom is 0.306 e. The molecule has 0 bridgehead atoms. The van der Waals surface area contributed by atoms with Crippen LogP contribution in [0.2, 0.25) is 10.0 Å². The molecule has 0 heterocycles. The molecular formula is C13H16Cl2O2. The zero-order chi connectivity index (χ0) is 12.8. The highest BCUT2D eigenvalue weighted by atomic mass is 35.5. The van der Waals surface area contributed by atoms with Gasteiger partial charge < -0.3 is 4.74 Å². The highest BCUT2D eigenvalue weighted by molar-refractivity contribution is 6.34. The van der Waals surface area contributed by atoms with Crippen LogP contribution in [0.1, 0.15) is 25.8 Å². The van der Waals surface area contributed by atoms with E-state index < -0.39 is 0 Å². The van der Waals surface area contributed by atoms with Gasteiger partial charge in [-0.2, -0.15) is 0 Å². The van der Waals surface area contributed by atoms with E-state index in [1.165, 1.54) is 0 Å². The normalized spacial score (nSPS) is 10.6. The lowest BCUT2D eigenvalue weighted by atomic mass is 10.1. The van der Waals surface area contributed by atoms with Crippen molar-refractivity contribution in [2.24, 2.45) is 5.92 Å². The SMILES string of the molecule is CC(C)COC(=O)CCc1cc(Cl)cc(Cl)c1. The number of ether oxygens (including phenoxy) is 1. The van der Waals surface area contributed by atoms with E-state index in [4.69, 9.17) is 27.9 Å². The highest BCUT2D eigenvalue weighted by Crippen LogP contribution is 2.20. The van der Waals surface area contributed by atoms with E-state index in [-0.39, 0.29) is 5.97 Å². The molecule has 0 radical (unpaired) electrons. The lowest BCUT2D eigenvalue weighted by Crippen LogP contribution is -2.10. The summed E-state index contributed by atoms with van der Waals surface area (Å²) in [7, 11) is 0. The van der Waals surface area contributed by atoms with Crippen LogP contribution in [0.3, 0.4) is 0 Å². The van der Waals surface area contributed by atoms with Gasteiger partial charge >= 0.3 is 5.97 Å². The first kappa shape index (κ1) is 14.3. The van der Waals surface area contributed by atoms with Gasteiger partial charge in [-0.05, 0) is 36.1 Å². The molecule has 94 valence electrons. The van der Waals surface area contributed by atoms with Gasteiger partial charge in [0.25, 0.3) is 0 Å². The van der Waals surface area contributed by atoms with E-state index in [0.29, 0.717) is 35.4 Å². The van der Waals surface area contributed by atoms with Gasteiger partial charge in [0.05, 0.1) is 6.61 Å². The van der Waals surface area contributed by atoms with E-state index in [1.807, 2.05) is 26.0 Å². The van der Waals surface area contributed by atoms with Crippen LogP contribution in [0.4, 0.5) is 0 Å². The van der Waals surface area contributed by atoms with Gasteiger partial charge in [0, 0.05) is 16.5 Å². The number of halogens is 2. The number of carbonyl (C=O) groups excluding carboxylic acids is 1. The summed E-state index contributed by atoms with van der Waals surface area (Å²) >= 11 is 11.7. The fourth-order valence-electron chi connectivity index (χ4n) is 1.33. The van der Waals surface area contributed by atoms with Crippen molar-refractivity contribution in [3.63, 3.8) is 0 Å². The second-order valence-electron chi connectivity index (χ2n) is 4.35. The summed E-state index contributed by atoms with van der Waals surface area (Å²) in [6.45, 7) is 4.48. The zero-order valence-corrected chi connectivity index (χ0v) is 11.5. The summed E-state index contributed by atoms with van der Waals surface area (Å²) in [5.74, 6) is 0.175. The number of aryl methyl sites for hydroxylation is 1. The lowest BCUT2D eigenvalue weighted by molar-refractivity contribution is -0.144. The first-order chi connectivity index (χ1) is 7.97. The molecule has 1 rings (SSSR count). The minimum Gasteiger partial charge on any atom is -0.465 e. The van der Waals surface area contributed by atoms with E-state index in [9.17, 15) is 4.79 Å². The number of rotatable bonds is 5. The van der Waals surface area contributed by atoms with Crippen molar-refractivity contribution in [3.05, 3.63) is 33.8 Å². The first-order valence-corrected chi connectivity index (χ1v) is 6.33. The summed E-state index contributed by atoms with van der Waals surface area (Å²) < 4.78 is 5.08. The monoisotopic (exact) mass is 274 g/mol. The third-order valence-electron chi connectivity index (χ3n) is 2.12. The third-order valence-corrected chi connectivity index (χ3v) is 2.55. The third kappa shape index (κ3) is 5.94. The molecule has 17 heavy (non-hydrogen) atoms. The Morgan fingerprint density at radius 3 is 2.35 bits per heavy atom. The van der Waals surface area contributed by atoms with Gasteiger partial charge in [-0.25, -0.2) is 0 Å². The molecule has 0 N–H and O–H groups in total. The first-order valence-electron chi connectivity index (χ1n) is 5.58. The van der Waals surface area contributed by atoms with Crippen LogP contribution in [-0.4, -0.2) is 12.6 Å². The van der Waals surface area contributed by atoms with Gasteiger partial charge in [0.15, 0.2) is 0 Å². The van der Waals surface area contributed by atoms with Gasteiger partial charge in [-0.1, -0.05) is 37.0 Å². The molecule has 0 aliphatic carbocycles. The number of hydrogen-bond donors (Lipinski definition) is 0. The molecule has 1 aromatic carbocycles. The second kappa shape index (κ2) is 6.87. The van der Waals surface area contributed by atoms with Crippen LogP contribution in [0.15, 0.2) is 18.2 Å². The number of esters is 1. The van der Waals surface area contributed by atoms with Gasteiger partial charge in [-0.3, -0.25) is 4.79 Å². The predicted molar refractivity (Wildman–Crippen MR) is 70.6 cm³/mol. The zero-order valence-electron chi connectivity index (χ0n) is 10.0. The van der Waals surface area contributed by atoms with E-state index in [0.717, 1.165) is 5.56 Å². The Morgan fingerprint density at radius 2 is 1.82 bits per heavy atom. The predicted octanol–water partition coefficient (Wildman–Crippen LogP) is 4.13. The Kier molecular flexibility index (Phi) is 5.79. The van der Waals surface area contributed by atoms with Crippen LogP contribution in [0, 0.1) is 5.92 Å². The summed E-state index contributed by atoms with van der Waals surface area (Å²) in [6, 6.07) is 5.29. The standard InChI is InChI=1S/C13H16Cl2O2/c1-9(2)8-17-13(16)4-3-10-5-11(14)7-12(15)6-10/h5-7,9H,3-4,8H2,1-2H3. The van der Waals surface area contributed by atoms with Gasteiger partial charge in [0.1, 0.15) is 0 Å². The van der Waals surface area contributed by atoms with Crippen molar-refractivity contribution in [1.29, 1.82) is 0 Å². The maximum absolute atomic E-state index is 11.4. The molecule has 0 aliphatic rings. The quantitative estimate of drug-likeness (QED) is 0.755. The summed E-state index contributed by atoms with van der Waals surface area (Å²) in [4.78, 5) is 11.4. The molecule has 0 fully saturated rings. The van der Waals surface area contributed by atoms with Crippen LogP contribution in [0.25, 0.3) is 0 Å². The van der Waals surface area contributed by atoms with Crippen molar-refractivity contribution in [1.82, 2.24) is 0 Å². The van der Waals surface area contributed by atoms with Crippen molar-refractivity contribution >= 4 is 29.2 Å². The molecule has 0 atom stereocenters. The fourth-order valence-corrected chi connectivity index (χ4v) is 1.90. The molecule has 0 spiro atoms. The lowest BCUT2D eigenvalue weighted by Gasteiger charge is -2.07. The minimum atomic E-state index is -0.185. The van der Waals surface area contributed by atoms with E-state index >= 15 is 0 Å². The number of carbonyl (C=O) groups is 1. The smallest absolute Gasteiger partial charge is 0.306 e. The summed E-state index contributed by atoms with van der Waals surface area (Å²) in [6.07, 6.45) is 0.945. The van der Waals surface area contributed by atoms with Crippen LogP contribution < -0.4 is 0 Å². The van der Waals surface area contributed by atoms with Crippen molar-refractivity contribution < 1.29 is 9.53 Å². The molecule has 0 saturated heterocycles. The van der Waals surface area contributed by atoms with Crippen molar-refractivity contribution in [2.45, 2.75) is 26.7 Å². The molecule has 1 aromatic rings. The average molecular weight is 275 g/mol. The Labute approximate surface area is 112 Å². The van der Waals surface area contributed by atoms with Crippen LogP contribution in [-0.2, 0) is 16.0 Å². The molecule has 4 heteroatoms. The van der Waals surface area contributed by atoms with Gasteiger partial charge in [-0.15, -0.1) is 0 Å². The topological polar surface area (TPSA) is 26.3 Å². The Balaban J connectivity index is 2.42. The highest BCUT2D eigenvalue weighted by Gasteiger charge is 2.06. The molecule has 0 aromatic heterocycles. The van der Waals surface area contributed by atoms with E-state index in [2.05, 4.69) is 0 Å².